The van der Waals surface area contributed by atoms with Gasteiger partial charge in [0.05, 0.1) is 60.3 Å². The van der Waals surface area contributed by atoms with Gasteiger partial charge in [-0.3, -0.25) is 4.79 Å². The maximum absolute atomic E-state index is 16.8. The second-order valence-corrected chi connectivity index (χ2v) is 17.6. The standard InChI is InChI=1S/C43H64FN5O11/c1-11-32-43(8,54)38-25(4)34(50)23(2)19-41(6,56-21-28(20-55-38)48-57-22-27-14-12-15-29(46-27)30-16-13-17-33(45)47-30)37(26(5)36(52)42(7,44)40(53)59-32)60-39-35(51)31(49(9)10)18-24(3)58-39/h12-17,23-26,31-32,34-35,37-39,50-51,54H,11,18-22H2,1-10H3,(H2,45,47)/b48-28+/t23-,24-,25+,26+,31+,32-,34+,35-,37-,38?,39-,41-,42+,43-/m1/s1. The minimum Gasteiger partial charge on any atom is -0.457 e. The van der Waals surface area contributed by atoms with Crippen LogP contribution in [0.2, 0.25) is 0 Å². The third-order valence-electron chi connectivity index (χ3n) is 12.3. The minimum absolute atomic E-state index is 0.00700. The van der Waals surface area contributed by atoms with Gasteiger partial charge in [-0.2, -0.15) is 0 Å². The largest absolute Gasteiger partial charge is 0.457 e. The number of aromatic nitrogens is 2. The molecule has 0 radical (unpaired) electrons. The number of hydrogen-bond acceptors (Lipinski definition) is 16. The first-order valence-electron chi connectivity index (χ1n) is 20.7. The number of ketones is 1. The lowest BCUT2D eigenvalue weighted by Gasteiger charge is -2.48. The highest BCUT2D eigenvalue weighted by atomic mass is 19.1. The molecule has 3 aliphatic heterocycles. The number of nitrogens with zero attached hydrogens (tertiary/aromatic N) is 4. The molecule has 5 N–H and O–H groups in total. The number of Topliss-reactive ketones (excluding diaryl/α,β-unsaturated/α-hetero) is 1. The van der Waals surface area contributed by atoms with Crippen LogP contribution in [0.1, 0.15) is 80.3 Å². The molecular weight excluding hydrogens is 781 g/mol. The lowest BCUT2D eigenvalue weighted by molar-refractivity contribution is -0.297. The molecule has 16 nitrogen and oxygen atoms in total. The van der Waals surface area contributed by atoms with Gasteiger partial charge in [0, 0.05) is 17.9 Å². The molecule has 3 saturated heterocycles. The number of cyclic esters (lactones) is 1. The van der Waals surface area contributed by atoms with Gasteiger partial charge in [0.25, 0.3) is 5.67 Å². The lowest BCUT2D eigenvalue weighted by Crippen LogP contribution is -2.62. The summed E-state index contributed by atoms with van der Waals surface area (Å²) < 4.78 is 48.4. The quantitative estimate of drug-likeness (QED) is 0.170. The van der Waals surface area contributed by atoms with Gasteiger partial charge in [0.1, 0.15) is 29.3 Å². The molecule has 60 heavy (non-hydrogen) atoms. The number of aliphatic hydroxyl groups is 3. The van der Waals surface area contributed by atoms with Crippen molar-refractivity contribution < 1.29 is 57.8 Å². The fourth-order valence-corrected chi connectivity index (χ4v) is 8.88. The van der Waals surface area contributed by atoms with Crippen molar-refractivity contribution in [3.63, 3.8) is 0 Å². The van der Waals surface area contributed by atoms with Crippen LogP contribution in [0.5, 0.6) is 0 Å². The highest BCUT2D eigenvalue weighted by Crippen LogP contribution is 2.41. The zero-order valence-electron chi connectivity index (χ0n) is 36.4. The number of aliphatic hydroxyl groups excluding tert-OH is 2. The fraction of sp³-hybridized carbons (Fsp3) is 0.698. The first kappa shape index (κ1) is 47.4. The number of alkyl halides is 1. The summed E-state index contributed by atoms with van der Waals surface area (Å²) in [5, 5.41) is 40.2. The van der Waals surface area contributed by atoms with Crippen LogP contribution in [0.4, 0.5) is 10.2 Å². The normalized spacial score (nSPS) is 39.4. The molecule has 0 aromatic carbocycles. The summed E-state index contributed by atoms with van der Waals surface area (Å²) in [7, 11) is 3.64. The van der Waals surface area contributed by atoms with Gasteiger partial charge in [-0.15, -0.1) is 0 Å². The number of carbonyl (C=O) groups is 2. The van der Waals surface area contributed by atoms with E-state index in [-0.39, 0.29) is 44.5 Å². The number of oxime groups is 1. The number of nitrogen functional groups attached to an aromatic ring is 1. The molecule has 14 atom stereocenters. The van der Waals surface area contributed by atoms with Gasteiger partial charge in [0.15, 0.2) is 18.7 Å². The van der Waals surface area contributed by atoms with Crippen molar-refractivity contribution in [1.82, 2.24) is 14.9 Å². The van der Waals surface area contributed by atoms with E-state index in [1.165, 1.54) is 13.8 Å². The molecule has 0 amide bonds. The third-order valence-corrected chi connectivity index (χ3v) is 12.3. The topological polar surface area (TPSA) is 218 Å². The van der Waals surface area contributed by atoms with Crippen LogP contribution >= 0.6 is 0 Å². The third kappa shape index (κ3) is 10.3. The Morgan fingerprint density at radius 1 is 1.00 bits per heavy atom. The van der Waals surface area contributed by atoms with Gasteiger partial charge in [-0.1, -0.05) is 45.0 Å². The van der Waals surface area contributed by atoms with Gasteiger partial charge in [-0.05, 0) is 91.2 Å². The average Bonchev–Trinajstić information content (AvgIpc) is 3.21. The Bertz CT molecular complexity index is 1830. The summed E-state index contributed by atoms with van der Waals surface area (Å²) in [5.41, 5.74) is 0.983. The molecule has 2 aromatic rings. The fourth-order valence-electron chi connectivity index (χ4n) is 8.88. The summed E-state index contributed by atoms with van der Waals surface area (Å²) in [6.45, 7) is 11.6. The van der Waals surface area contributed by atoms with Crippen LogP contribution in [0.15, 0.2) is 41.6 Å². The number of ether oxygens (including phenoxy) is 5. The van der Waals surface area contributed by atoms with Crippen LogP contribution in [0, 0.1) is 17.8 Å². The molecular formula is C43H64FN5O11. The smallest absolute Gasteiger partial charge is 0.351 e. The molecule has 0 aliphatic carbocycles. The van der Waals surface area contributed by atoms with Crippen molar-refractivity contribution >= 4 is 23.3 Å². The summed E-state index contributed by atoms with van der Waals surface area (Å²) in [5.74, 6) is -5.19. The number of nitrogens with two attached hydrogens (primary N) is 1. The van der Waals surface area contributed by atoms with E-state index in [0.717, 1.165) is 6.92 Å². The van der Waals surface area contributed by atoms with E-state index in [9.17, 15) is 24.9 Å². The monoisotopic (exact) mass is 845 g/mol. The zero-order valence-corrected chi connectivity index (χ0v) is 36.4. The van der Waals surface area contributed by atoms with E-state index in [4.69, 9.17) is 34.3 Å². The van der Waals surface area contributed by atoms with Gasteiger partial charge in [0.2, 0.25) is 0 Å². The van der Waals surface area contributed by atoms with E-state index in [1.807, 2.05) is 25.9 Å². The Hall–Kier alpha value is -3.68. The Balaban J connectivity index is 1.60. The Morgan fingerprint density at radius 3 is 2.32 bits per heavy atom. The molecule has 0 spiro atoms. The number of likely N-dealkylation sites (N-methyl/N-ethyl adjacent to an activating group) is 1. The number of halogens is 1. The predicted molar refractivity (Wildman–Crippen MR) is 219 cm³/mol. The molecule has 1 unspecified atom stereocenters. The van der Waals surface area contributed by atoms with Gasteiger partial charge in [-0.25, -0.2) is 19.2 Å². The van der Waals surface area contributed by atoms with Crippen molar-refractivity contribution in [2.45, 2.75) is 147 Å². The van der Waals surface area contributed by atoms with Crippen LogP contribution in [-0.4, -0.2) is 141 Å². The molecule has 2 bridgehead atoms. The molecule has 5 heterocycles. The molecule has 2 aromatic heterocycles. The van der Waals surface area contributed by atoms with E-state index in [1.54, 1.807) is 64.1 Å². The van der Waals surface area contributed by atoms with E-state index >= 15 is 4.39 Å². The molecule has 3 fully saturated rings. The van der Waals surface area contributed by atoms with Crippen molar-refractivity contribution in [3.8, 4) is 11.4 Å². The van der Waals surface area contributed by atoms with E-state index < -0.39 is 89.2 Å². The summed E-state index contributed by atoms with van der Waals surface area (Å²) in [6.07, 6.45) is -7.51. The van der Waals surface area contributed by atoms with Crippen molar-refractivity contribution in [3.05, 3.63) is 42.1 Å². The molecule has 5 rings (SSSR count). The van der Waals surface area contributed by atoms with Crippen molar-refractivity contribution in [2.24, 2.45) is 22.9 Å². The second-order valence-electron chi connectivity index (χ2n) is 17.6. The minimum atomic E-state index is -3.21. The van der Waals surface area contributed by atoms with Crippen LogP contribution in [0.25, 0.3) is 11.4 Å². The Labute approximate surface area is 351 Å². The lowest BCUT2D eigenvalue weighted by atomic mass is 9.73. The highest BCUT2D eigenvalue weighted by molar-refractivity contribution is 6.07. The van der Waals surface area contributed by atoms with Gasteiger partial charge < -0.3 is 54.5 Å². The first-order valence-corrected chi connectivity index (χ1v) is 20.7. The van der Waals surface area contributed by atoms with E-state index in [2.05, 4.69) is 15.1 Å². The van der Waals surface area contributed by atoms with E-state index in [0.29, 0.717) is 29.3 Å². The first-order chi connectivity index (χ1) is 28.1. The highest BCUT2D eigenvalue weighted by Gasteiger charge is 2.57. The average molecular weight is 846 g/mol. The number of fused-ring (bicyclic) bond motifs is 5. The van der Waals surface area contributed by atoms with Gasteiger partial charge >= 0.3 is 5.97 Å². The Kier molecular flexibility index (Phi) is 15.1. The second kappa shape index (κ2) is 19.2. The van der Waals surface area contributed by atoms with Crippen molar-refractivity contribution in [1.29, 1.82) is 0 Å². The summed E-state index contributed by atoms with van der Waals surface area (Å²) in [4.78, 5) is 44.8. The zero-order chi connectivity index (χ0) is 44.3. The number of carbonyl (C=O) groups excluding carboxylic acids is 2. The van der Waals surface area contributed by atoms with Crippen LogP contribution < -0.4 is 5.73 Å². The molecule has 0 saturated carbocycles. The maximum atomic E-state index is 16.8. The number of hydrogen-bond donors (Lipinski definition) is 4. The molecule has 3 aliphatic rings. The number of esters is 1. The number of anilines is 1. The summed E-state index contributed by atoms with van der Waals surface area (Å²) >= 11 is 0. The molecule has 334 valence electrons. The number of pyridine rings is 2. The SMILES string of the molecule is CC[C@H]1OC(=O)[C@@](C)(F)C(=O)[C@H](C)[C@@H](O[C@H]2O[C@H](C)C[C@H](N(C)C)[C@H]2O)[C@@]2(C)C[C@@H](C)[C@H](O)[C@H](C)C(OC/C(=N\OCc3cccc(-c4cccc(N)n4)n3)CO2)[C@]1(C)O. The van der Waals surface area contributed by atoms with Crippen molar-refractivity contribution in [2.75, 3.05) is 33.0 Å². The number of rotatable bonds is 8. The predicted octanol–water partition coefficient (Wildman–Crippen LogP) is 3.63. The maximum Gasteiger partial charge on any atom is 0.351 e. The summed E-state index contributed by atoms with van der Waals surface area (Å²) in [6, 6.07) is 10.2. The molecule has 17 heteroatoms. The van der Waals surface area contributed by atoms with Crippen LogP contribution in [-0.2, 0) is 44.7 Å². The Morgan fingerprint density at radius 2 is 1.67 bits per heavy atom. The van der Waals surface area contributed by atoms with Crippen LogP contribution in [0.3, 0.4) is 0 Å².